The summed E-state index contributed by atoms with van der Waals surface area (Å²) < 4.78 is 0. The molecular formula is C56H42N2. The SMILES string of the molecule is C(=C\c1ccc(N(c2ccccc2)c2ccccc2)cc1)/c1ccc(-c2ccc(N(c3ccc(-c4ccccc4)cc3)c3ccc(-c4ccccc4)cc3)cc2)cc1. The molecule has 0 atom stereocenters. The minimum absolute atomic E-state index is 1.10. The number of nitrogens with zero attached hydrogens (tertiary/aromatic N) is 2. The molecule has 0 N–H and O–H groups in total. The third kappa shape index (κ3) is 8.14. The van der Waals surface area contributed by atoms with Crippen molar-refractivity contribution in [2.75, 3.05) is 9.80 Å². The van der Waals surface area contributed by atoms with E-state index in [4.69, 9.17) is 0 Å². The minimum Gasteiger partial charge on any atom is -0.311 e. The van der Waals surface area contributed by atoms with Gasteiger partial charge in [0.1, 0.15) is 0 Å². The molecule has 9 aromatic carbocycles. The van der Waals surface area contributed by atoms with Gasteiger partial charge in [-0.25, -0.2) is 0 Å². The van der Waals surface area contributed by atoms with Crippen molar-refractivity contribution in [3.63, 3.8) is 0 Å². The average Bonchev–Trinajstić information content (AvgIpc) is 3.31. The Balaban J connectivity index is 0.931. The summed E-state index contributed by atoms with van der Waals surface area (Å²) >= 11 is 0. The first-order valence-corrected chi connectivity index (χ1v) is 19.8. The lowest BCUT2D eigenvalue weighted by atomic mass is 10.0. The van der Waals surface area contributed by atoms with E-state index in [1.807, 2.05) is 0 Å². The van der Waals surface area contributed by atoms with Crippen molar-refractivity contribution in [1.29, 1.82) is 0 Å². The monoisotopic (exact) mass is 742 g/mol. The minimum atomic E-state index is 1.10. The molecule has 0 heterocycles. The summed E-state index contributed by atoms with van der Waals surface area (Å²) in [5.41, 5.74) is 16.2. The third-order valence-corrected chi connectivity index (χ3v) is 10.5. The van der Waals surface area contributed by atoms with E-state index in [2.05, 4.69) is 265 Å². The fraction of sp³-hybridized carbons (Fsp3) is 0. The Hall–Kier alpha value is -7.68. The second kappa shape index (κ2) is 17.0. The Bertz CT molecular complexity index is 2570. The molecule has 0 bridgehead atoms. The van der Waals surface area contributed by atoms with Crippen LogP contribution in [-0.4, -0.2) is 0 Å². The molecule has 0 unspecified atom stereocenters. The molecule has 0 saturated heterocycles. The number of rotatable bonds is 11. The van der Waals surface area contributed by atoms with E-state index >= 15 is 0 Å². The lowest BCUT2D eigenvalue weighted by Gasteiger charge is -2.26. The van der Waals surface area contributed by atoms with E-state index in [-0.39, 0.29) is 0 Å². The second-order valence-corrected chi connectivity index (χ2v) is 14.3. The van der Waals surface area contributed by atoms with E-state index in [0.29, 0.717) is 0 Å². The van der Waals surface area contributed by atoms with Crippen molar-refractivity contribution in [2.45, 2.75) is 0 Å². The van der Waals surface area contributed by atoms with Gasteiger partial charge >= 0.3 is 0 Å². The quantitative estimate of drug-likeness (QED) is 0.122. The largest absolute Gasteiger partial charge is 0.311 e. The lowest BCUT2D eigenvalue weighted by molar-refractivity contribution is 1.28. The molecule has 0 saturated carbocycles. The number of benzene rings is 9. The molecule has 0 aliphatic heterocycles. The predicted octanol–water partition coefficient (Wildman–Crippen LogP) is 15.8. The van der Waals surface area contributed by atoms with E-state index in [1.54, 1.807) is 0 Å². The Morgan fingerprint density at radius 3 is 0.707 bits per heavy atom. The van der Waals surface area contributed by atoms with Crippen molar-refractivity contribution in [3.05, 3.63) is 254 Å². The van der Waals surface area contributed by atoms with Gasteiger partial charge in [0.25, 0.3) is 0 Å². The Morgan fingerprint density at radius 2 is 0.397 bits per heavy atom. The fourth-order valence-corrected chi connectivity index (χ4v) is 7.43. The molecule has 0 radical (unpaired) electrons. The highest BCUT2D eigenvalue weighted by Gasteiger charge is 2.14. The molecular weight excluding hydrogens is 701 g/mol. The summed E-state index contributed by atoms with van der Waals surface area (Å²) in [5, 5.41) is 0. The molecule has 0 spiro atoms. The van der Waals surface area contributed by atoms with Gasteiger partial charge in [-0.3, -0.25) is 0 Å². The van der Waals surface area contributed by atoms with Gasteiger partial charge in [-0.2, -0.15) is 0 Å². The highest BCUT2D eigenvalue weighted by Crippen LogP contribution is 2.38. The summed E-state index contributed by atoms with van der Waals surface area (Å²) in [6.07, 6.45) is 4.36. The van der Waals surface area contributed by atoms with Crippen LogP contribution < -0.4 is 9.80 Å². The van der Waals surface area contributed by atoms with Crippen LogP contribution in [0.2, 0.25) is 0 Å². The van der Waals surface area contributed by atoms with Crippen molar-refractivity contribution >= 4 is 46.3 Å². The predicted molar refractivity (Wildman–Crippen MR) is 247 cm³/mol. The summed E-state index contributed by atoms with van der Waals surface area (Å²) in [6.45, 7) is 0. The summed E-state index contributed by atoms with van der Waals surface area (Å²) in [7, 11) is 0. The van der Waals surface area contributed by atoms with Crippen LogP contribution in [0.15, 0.2) is 243 Å². The van der Waals surface area contributed by atoms with Gasteiger partial charge in [0.05, 0.1) is 0 Å². The van der Waals surface area contributed by atoms with Gasteiger partial charge < -0.3 is 9.80 Å². The molecule has 0 fully saturated rings. The zero-order valence-corrected chi connectivity index (χ0v) is 32.1. The van der Waals surface area contributed by atoms with Crippen LogP contribution in [0.4, 0.5) is 34.1 Å². The summed E-state index contributed by atoms with van der Waals surface area (Å²) in [4.78, 5) is 4.61. The Kier molecular flexibility index (Phi) is 10.5. The molecule has 9 rings (SSSR count). The molecule has 276 valence electrons. The Morgan fingerprint density at radius 1 is 0.190 bits per heavy atom. The van der Waals surface area contributed by atoms with Crippen molar-refractivity contribution in [3.8, 4) is 33.4 Å². The molecule has 0 aliphatic carbocycles. The van der Waals surface area contributed by atoms with Crippen LogP contribution >= 0.6 is 0 Å². The van der Waals surface area contributed by atoms with Crippen LogP contribution in [0, 0.1) is 0 Å². The maximum absolute atomic E-state index is 2.33. The van der Waals surface area contributed by atoms with Crippen LogP contribution in [-0.2, 0) is 0 Å². The average molecular weight is 743 g/mol. The number of hydrogen-bond donors (Lipinski definition) is 0. The number of anilines is 6. The standard InChI is InChI=1S/C56H42N2/c1-5-13-45(14-6-1)48-29-37-54(38-30-48)58(55-39-31-49(32-40-55)46-15-7-2-8-16-46)56-41-33-50(34-42-56)47-27-23-43(24-28-47)21-22-44-25-35-53(36-26-44)57(51-17-9-3-10-18-51)52-19-11-4-12-20-52/h1-42H/b22-21+. The van der Waals surface area contributed by atoms with Gasteiger partial charge in [0, 0.05) is 34.1 Å². The molecule has 0 amide bonds. The highest BCUT2D eigenvalue weighted by atomic mass is 15.1. The Labute approximate surface area is 341 Å². The van der Waals surface area contributed by atoms with Crippen molar-refractivity contribution < 1.29 is 0 Å². The molecule has 58 heavy (non-hydrogen) atoms. The maximum Gasteiger partial charge on any atom is 0.0462 e. The molecule has 0 aliphatic rings. The van der Waals surface area contributed by atoms with Gasteiger partial charge in [0.2, 0.25) is 0 Å². The van der Waals surface area contributed by atoms with Crippen molar-refractivity contribution in [2.24, 2.45) is 0 Å². The second-order valence-electron chi connectivity index (χ2n) is 14.3. The normalized spacial score (nSPS) is 11.0. The molecule has 9 aromatic rings. The van der Waals surface area contributed by atoms with Gasteiger partial charge in [-0.15, -0.1) is 0 Å². The smallest absolute Gasteiger partial charge is 0.0462 e. The molecule has 0 aromatic heterocycles. The highest BCUT2D eigenvalue weighted by molar-refractivity contribution is 5.82. The molecule has 2 heteroatoms. The van der Waals surface area contributed by atoms with E-state index in [0.717, 1.165) is 45.3 Å². The van der Waals surface area contributed by atoms with Gasteiger partial charge in [-0.1, -0.05) is 182 Å². The fourth-order valence-electron chi connectivity index (χ4n) is 7.43. The zero-order chi connectivity index (χ0) is 38.9. The first-order valence-electron chi connectivity index (χ1n) is 19.8. The van der Waals surface area contributed by atoms with Crippen LogP contribution in [0.1, 0.15) is 11.1 Å². The summed E-state index contributed by atoms with van der Waals surface area (Å²) in [6, 6.07) is 86.2. The van der Waals surface area contributed by atoms with Gasteiger partial charge in [-0.05, 0) is 117 Å². The van der Waals surface area contributed by atoms with Gasteiger partial charge in [0.15, 0.2) is 0 Å². The van der Waals surface area contributed by atoms with E-state index in [1.165, 1.54) is 33.4 Å². The van der Waals surface area contributed by atoms with Crippen LogP contribution in [0.3, 0.4) is 0 Å². The van der Waals surface area contributed by atoms with Crippen LogP contribution in [0.5, 0.6) is 0 Å². The zero-order valence-electron chi connectivity index (χ0n) is 32.1. The van der Waals surface area contributed by atoms with Crippen molar-refractivity contribution in [1.82, 2.24) is 0 Å². The molecule has 2 nitrogen and oxygen atoms in total. The summed E-state index contributed by atoms with van der Waals surface area (Å²) in [5.74, 6) is 0. The van der Waals surface area contributed by atoms with E-state index in [9.17, 15) is 0 Å². The topological polar surface area (TPSA) is 6.48 Å². The first-order chi connectivity index (χ1) is 28.7. The number of hydrogen-bond acceptors (Lipinski definition) is 2. The van der Waals surface area contributed by atoms with E-state index < -0.39 is 0 Å². The first kappa shape index (κ1) is 36.0. The number of para-hydroxylation sites is 2. The lowest BCUT2D eigenvalue weighted by Crippen LogP contribution is -2.09. The maximum atomic E-state index is 2.33. The third-order valence-electron chi connectivity index (χ3n) is 10.5. The van der Waals surface area contributed by atoms with Crippen LogP contribution in [0.25, 0.3) is 45.5 Å².